The molecule has 0 aliphatic heterocycles. The predicted octanol–water partition coefficient (Wildman–Crippen LogP) is 1.14. The van der Waals surface area contributed by atoms with Crippen LogP contribution < -0.4 is 11.1 Å². The summed E-state index contributed by atoms with van der Waals surface area (Å²) in [6.07, 6.45) is 5.31. The minimum atomic E-state index is 0.359. The molecule has 1 aromatic heterocycles. The normalized spacial score (nSPS) is 26.6. The number of halogens is 1. The summed E-state index contributed by atoms with van der Waals surface area (Å²) in [4.78, 5) is 8.00. The number of nitrogens with zero attached hydrogens (tertiary/aromatic N) is 2. The largest absolute Gasteiger partial charge is 0.366 e. The minimum absolute atomic E-state index is 0.359. The maximum Gasteiger partial charge on any atom is 0.143 e. The summed E-state index contributed by atoms with van der Waals surface area (Å²) in [5.41, 5.74) is 5.68. The van der Waals surface area contributed by atoms with E-state index in [0.717, 1.165) is 23.1 Å². The summed E-state index contributed by atoms with van der Waals surface area (Å²) < 4.78 is 0.899. The standard InChI is InChI=1S/C8H11BrN4/c9-7-3-11-4-12-8(7)13-6-1-5(10)2-6/h3-6H,1-2,10H2,(H,11,12,13). The first-order valence-corrected chi connectivity index (χ1v) is 5.02. The molecule has 70 valence electrons. The SMILES string of the molecule is NC1CC(Nc2ncncc2Br)C1. The average molecular weight is 243 g/mol. The number of aromatic nitrogens is 2. The van der Waals surface area contributed by atoms with Gasteiger partial charge in [0.15, 0.2) is 0 Å². The lowest BCUT2D eigenvalue weighted by Gasteiger charge is -2.33. The van der Waals surface area contributed by atoms with Crippen molar-refractivity contribution < 1.29 is 0 Å². The molecule has 3 N–H and O–H groups in total. The molecule has 13 heavy (non-hydrogen) atoms. The van der Waals surface area contributed by atoms with Crippen molar-refractivity contribution in [3.05, 3.63) is 17.0 Å². The number of nitrogens with two attached hydrogens (primary N) is 1. The van der Waals surface area contributed by atoms with Crippen LogP contribution in [0.15, 0.2) is 17.0 Å². The van der Waals surface area contributed by atoms with Gasteiger partial charge in [0.05, 0.1) is 4.47 Å². The van der Waals surface area contributed by atoms with Gasteiger partial charge in [-0.25, -0.2) is 9.97 Å². The molecule has 5 heteroatoms. The second-order valence-electron chi connectivity index (χ2n) is 3.29. The van der Waals surface area contributed by atoms with E-state index < -0.39 is 0 Å². The van der Waals surface area contributed by atoms with E-state index in [-0.39, 0.29) is 0 Å². The van der Waals surface area contributed by atoms with Crippen LogP contribution in [0.25, 0.3) is 0 Å². The Morgan fingerprint density at radius 3 is 2.92 bits per heavy atom. The van der Waals surface area contributed by atoms with Crippen LogP contribution in [0.4, 0.5) is 5.82 Å². The van der Waals surface area contributed by atoms with Crippen LogP contribution in [0.1, 0.15) is 12.8 Å². The Hall–Kier alpha value is -0.680. The van der Waals surface area contributed by atoms with E-state index in [2.05, 4.69) is 31.2 Å². The molecule has 4 nitrogen and oxygen atoms in total. The van der Waals surface area contributed by atoms with Crippen LogP contribution >= 0.6 is 15.9 Å². The fraction of sp³-hybridized carbons (Fsp3) is 0.500. The molecule has 0 amide bonds. The first-order valence-electron chi connectivity index (χ1n) is 4.23. The van der Waals surface area contributed by atoms with Crippen LogP contribution in [0.5, 0.6) is 0 Å². The van der Waals surface area contributed by atoms with Crippen molar-refractivity contribution in [2.45, 2.75) is 24.9 Å². The lowest BCUT2D eigenvalue weighted by atomic mass is 9.88. The zero-order chi connectivity index (χ0) is 9.26. The van der Waals surface area contributed by atoms with E-state index in [1.165, 1.54) is 6.33 Å². The lowest BCUT2D eigenvalue weighted by molar-refractivity contribution is 0.373. The highest BCUT2D eigenvalue weighted by molar-refractivity contribution is 9.10. The maximum absolute atomic E-state index is 5.68. The molecule has 1 saturated carbocycles. The van der Waals surface area contributed by atoms with E-state index >= 15 is 0 Å². The summed E-state index contributed by atoms with van der Waals surface area (Å²) in [5.74, 6) is 0.854. The maximum atomic E-state index is 5.68. The summed E-state index contributed by atoms with van der Waals surface area (Å²) in [5, 5.41) is 3.30. The lowest BCUT2D eigenvalue weighted by Crippen LogP contribution is -2.44. The van der Waals surface area contributed by atoms with Gasteiger partial charge in [0.1, 0.15) is 12.1 Å². The van der Waals surface area contributed by atoms with Gasteiger partial charge in [-0.3, -0.25) is 0 Å². The van der Waals surface area contributed by atoms with Gasteiger partial charge >= 0.3 is 0 Å². The molecule has 0 radical (unpaired) electrons. The van der Waals surface area contributed by atoms with E-state index in [1.807, 2.05) is 0 Å². The van der Waals surface area contributed by atoms with Crippen LogP contribution in [-0.4, -0.2) is 22.1 Å². The molecule has 0 saturated heterocycles. The van der Waals surface area contributed by atoms with Gasteiger partial charge in [-0.1, -0.05) is 0 Å². The van der Waals surface area contributed by atoms with Gasteiger partial charge in [0, 0.05) is 18.3 Å². The van der Waals surface area contributed by atoms with Crippen molar-refractivity contribution in [2.24, 2.45) is 5.73 Å². The fourth-order valence-electron chi connectivity index (χ4n) is 1.39. The number of anilines is 1. The molecule has 0 unspecified atom stereocenters. The second-order valence-corrected chi connectivity index (χ2v) is 4.15. The third kappa shape index (κ3) is 1.97. The quantitative estimate of drug-likeness (QED) is 0.817. The molecular weight excluding hydrogens is 232 g/mol. The van der Waals surface area contributed by atoms with Gasteiger partial charge < -0.3 is 11.1 Å². The second kappa shape index (κ2) is 3.59. The topological polar surface area (TPSA) is 63.8 Å². The number of hydrogen-bond acceptors (Lipinski definition) is 4. The molecule has 0 aromatic carbocycles. The molecule has 0 spiro atoms. The smallest absolute Gasteiger partial charge is 0.143 e. The summed E-state index contributed by atoms with van der Waals surface area (Å²) >= 11 is 3.37. The fourth-order valence-corrected chi connectivity index (χ4v) is 1.73. The van der Waals surface area contributed by atoms with Gasteiger partial charge in [-0.05, 0) is 28.8 Å². The highest BCUT2D eigenvalue weighted by Crippen LogP contribution is 2.25. The average Bonchev–Trinajstić information content (AvgIpc) is 2.06. The van der Waals surface area contributed by atoms with Gasteiger partial charge in [-0.15, -0.1) is 0 Å². The third-order valence-electron chi connectivity index (χ3n) is 2.18. The highest BCUT2D eigenvalue weighted by atomic mass is 79.9. The van der Waals surface area contributed by atoms with E-state index in [4.69, 9.17) is 5.73 Å². The van der Waals surface area contributed by atoms with Crippen LogP contribution in [0.3, 0.4) is 0 Å². The van der Waals surface area contributed by atoms with Crippen LogP contribution in [-0.2, 0) is 0 Å². The van der Waals surface area contributed by atoms with E-state index in [9.17, 15) is 0 Å². The van der Waals surface area contributed by atoms with Crippen molar-refractivity contribution in [1.29, 1.82) is 0 Å². The Kier molecular flexibility index (Phi) is 2.46. The van der Waals surface area contributed by atoms with Crippen molar-refractivity contribution in [3.63, 3.8) is 0 Å². The first kappa shape index (κ1) is 8.90. The van der Waals surface area contributed by atoms with Crippen molar-refractivity contribution in [1.82, 2.24) is 9.97 Å². The third-order valence-corrected chi connectivity index (χ3v) is 2.76. The Balaban J connectivity index is 1.98. The number of rotatable bonds is 2. The molecule has 1 aliphatic rings. The zero-order valence-electron chi connectivity index (χ0n) is 7.07. The highest BCUT2D eigenvalue weighted by Gasteiger charge is 2.26. The van der Waals surface area contributed by atoms with E-state index in [0.29, 0.717) is 12.1 Å². The Morgan fingerprint density at radius 2 is 2.31 bits per heavy atom. The number of hydrogen-bond donors (Lipinski definition) is 2. The Morgan fingerprint density at radius 1 is 1.54 bits per heavy atom. The molecule has 2 rings (SSSR count). The zero-order valence-corrected chi connectivity index (χ0v) is 8.66. The summed E-state index contributed by atoms with van der Waals surface area (Å²) in [7, 11) is 0. The van der Waals surface area contributed by atoms with Crippen LogP contribution in [0, 0.1) is 0 Å². The molecular formula is C8H11BrN4. The molecule has 1 aliphatic carbocycles. The molecule has 1 fully saturated rings. The van der Waals surface area contributed by atoms with E-state index in [1.54, 1.807) is 6.20 Å². The first-order chi connectivity index (χ1) is 6.25. The Labute approximate surface area is 85.1 Å². The van der Waals surface area contributed by atoms with Crippen molar-refractivity contribution in [2.75, 3.05) is 5.32 Å². The molecule has 0 bridgehead atoms. The van der Waals surface area contributed by atoms with Crippen molar-refractivity contribution in [3.8, 4) is 0 Å². The monoisotopic (exact) mass is 242 g/mol. The minimum Gasteiger partial charge on any atom is -0.366 e. The molecule has 1 aromatic rings. The summed E-state index contributed by atoms with van der Waals surface area (Å²) in [6.45, 7) is 0. The predicted molar refractivity (Wildman–Crippen MR) is 54.4 cm³/mol. The van der Waals surface area contributed by atoms with Gasteiger partial charge in [0.2, 0.25) is 0 Å². The van der Waals surface area contributed by atoms with Crippen molar-refractivity contribution >= 4 is 21.7 Å². The summed E-state index contributed by atoms with van der Waals surface area (Å²) in [6, 6.07) is 0.833. The van der Waals surface area contributed by atoms with Crippen LogP contribution in [0.2, 0.25) is 0 Å². The Bertz CT molecular complexity index is 298. The van der Waals surface area contributed by atoms with Gasteiger partial charge in [-0.2, -0.15) is 0 Å². The van der Waals surface area contributed by atoms with Gasteiger partial charge in [0.25, 0.3) is 0 Å². The molecule has 0 atom stereocenters. The molecule has 1 heterocycles. The number of nitrogens with one attached hydrogen (secondary N) is 1.